The van der Waals surface area contributed by atoms with E-state index in [9.17, 15) is 14.0 Å². The van der Waals surface area contributed by atoms with E-state index in [2.05, 4.69) is 0 Å². The zero-order chi connectivity index (χ0) is 14.7. The van der Waals surface area contributed by atoms with Gasteiger partial charge >= 0.3 is 0 Å². The Kier molecular flexibility index (Phi) is 4.44. The molecule has 6 heteroatoms. The van der Waals surface area contributed by atoms with Gasteiger partial charge < -0.3 is 4.74 Å². The molecule has 20 heavy (non-hydrogen) atoms. The number of thiocarbonyl (C=S) groups is 1. The van der Waals surface area contributed by atoms with Gasteiger partial charge in [-0.1, -0.05) is 12.1 Å². The second kappa shape index (κ2) is 6.09. The minimum absolute atomic E-state index is 0.0329. The van der Waals surface area contributed by atoms with Crippen LogP contribution in [-0.4, -0.2) is 41.1 Å². The summed E-state index contributed by atoms with van der Waals surface area (Å²) in [6.45, 7) is 1.29. The van der Waals surface area contributed by atoms with E-state index in [1.807, 2.05) is 0 Å². The lowest BCUT2D eigenvalue weighted by Crippen LogP contribution is -2.42. The SMILES string of the molecule is CCOC(=S)CC(CF)N1C(=O)c2ccccc2C1=O. The monoisotopic (exact) mass is 295 g/mol. The Morgan fingerprint density at radius 1 is 1.30 bits per heavy atom. The van der Waals surface area contributed by atoms with E-state index < -0.39 is 24.5 Å². The molecule has 1 aromatic rings. The Morgan fingerprint density at radius 2 is 1.85 bits per heavy atom. The Bertz CT molecular complexity index is 526. The van der Waals surface area contributed by atoms with Crippen LogP contribution in [0.2, 0.25) is 0 Å². The van der Waals surface area contributed by atoms with Crippen molar-refractivity contribution in [1.82, 2.24) is 4.90 Å². The molecule has 0 saturated heterocycles. The fraction of sp³-hybridized carbons (Fsp3) is 0.357. The molecule has 1 atom stereocenters. The van der Waals surface area contributed by atoms with Gasteiger partial charge in [0.2, 0.25) is 0 Å². The second-order valence-corrected chi connectivity index (χ2v) is 4.80. The summed E-state index contributed by atoms with van der Waals surface area (Å²) in [5.74, 6) is -0.958. The third-order valence-electron chi connectivity index (χ3n) is 3.08. The molecular formula is C14H14FNO3S. The zero-order valence-electron chi connectivity index (χ0n) is 11.0. The fourth-order valence-corrected chi connectivity index (χ4v) is 2.48. The van der Waals surface area contributed by atoms with Crippen LogP contribution < -0.4 is 0 Å². The first kappa shape index (κ1) is 14.6. The van der Waals surface area contributed by atoms with Gasteiger partial charge in [0.05, 0.1) is 23.8 Å². The average Bonchev–Trinajstić information content (AvgIpc) is 2.70. The Hall–Kier alpha value is -1.82. The van der Waals surface area contributed by atoms with Crippen molar-refractivity contribution in [3.05, 3.63) is 35.4 Å². The lowest BCUT2D eigenvalue weighted by molar-refractivity contribution is 0.0561. The minimum Gasteiger partial charge on any atom is -0.487 e. The summed E-state index contributed by atoms with van der Waals surface area (Å²) in [7, 11) is 0. The largest absolute Gasteiger partial charge is 0.487 e. The molecule has 1 heterocycles. The number of rotatable bonds is 5. The van der Waals surface area contributed by atoms with Gasteiger partial charge in [0, 0.05) is 6.42 Å². The number of imide groups is 1. The number of alkyl halides is 1. The van der Waals surface area contributed by atoms with E-state index >= 15 is 0 Å². The third kappa shape index (κ3) is 2.56. The van der Waals surface area contributed by atoms with E-state index in [-0.39, 0.29) is 11.5 Å². The van der Waals surface area contributed by atoms with Crippen molar-refractivity contribution in [2.75, 3.05) is 13.3 Å². The highest BCUT2D eigenvalue weighted by Gasteiger charge is 2.40. The Balaban J connectivity index is 2.22. The van der Waals surface area contributed by atoms with Crippen molar-refractivity contribution >= 4 is 29.1 Å². The van der Waals surface area contributed by atoms with Crippen molar-refractivity contribution < 1.29 is 18.7 Å². The van der Waals surface area contributed by atoms with Crippen LogP contribution >= 0.6 is 12.2 Å². The summed E-state index contributed by atoms with van der Waals surface area (Å²) < 4.78 is 18.3. The first-order valence-electron chi connectivity index (χ1n) is 6.28. The maximum atomic E-state index is 13.2. The van der Waals surface area contributed by atoms with Crippen LogP contribution in [-0.2, 0) is 4.74 Å². The van der Waals surface area contributed by atoms with E-state index in [0.29, 0.717) is 17.7 Å². The van der Waals surface area contributed by atoms with Gasteiger partial charge in [-0.15, -0.1) is 0 Å². The lowest BCUT2D eigenvalue weighted by atomic mass is 10.1. The molecule has 0 spiro atoms. The number of halogens is 1. The second-order valence-electron chi connectivity index (χ2n) is 4.34. The fourth-order valence-electron chi connectivity index (χ4n) is 2.17. The van der Waals surface area contributed by atoms with Crippen LogP contribution in [0.3, 0.4) is 0 Å². The molecule has 1 aromatic carbocycles. The molecule has 1 aliphatic rings. The standard InChI is InChI=1S/C14H14FNO3S/c1-2-19-12(20)7-9(8-15)16-13(17)10-5-3-4-6-11(10)14(16)18/h3-6,9H,2,7-8H2,1H3. The van der Waals surface area contributed by atoms with Gasteiger partial charge in [0.15, 0.2) is 5.05 Å². The number of carbonyl (C=O) groups excluding carboxylic acids is 2. The molecule has 0 fully saturated rings. The van der Waals surface area contributed by atoms with Crippen molar-refractivity contribution in [3.8, 4) is 0 Å². The summed E-state index contributed by atoms with van der Waals surface area (Å²) >= 11 is 4.96. The predicted octanol–water partition coefficient (Wildman–Crippen LogP) is 2.37. The molecule has 0 bridgehead atoms. The maximum absolute atomic E-state index is 13.2. The number of amides is 2. The zero-order valence-corrected chi connectivity index (χ0v) is 11.8. The van der Waals surface area contributed by atoms with Crippen LogP contribution in [0, 0.1) is 0 Å². The Labute approximate surface area is 121 Å². The highest BCUT2D eigenvalue weighted by molar-refractivity contribution is 7.80. The molecule has 4 nitrogen and oxygen atoms in total. The van der Waals surface area contributed by atoms with E-state index in [1.54, 1.807) is 31.2 Å². The molecule has 1 unspecified atom stereocenters. The third-order valence-corrected chi connectivity index (χ3v) is 3.36. The van der Waals surface area contributed by atoms with E-state index in [0.717, 1.165) is 4.90 Å². The number of benzene rings is 1. The predicted molar refractivity (Wildman–Crippen MR) is 75.5 cm³/mol. The molecule has 0 radical (unpaired) electrons. The number of carbonyl (C=O) groups is 2. The van der Waals surface area contributed by atoms with E-state index in [4.69, 9.17) is 17.0 Å². The van der Waals surface area contributed by atoms with Gasteiger partial charge in [-0.3, -0.25) is 14.5 Å². The lowest BCUT2D eigenvalue weighted by Gasteiger charge is -2.23. The van der Waals surface area contributed by atoms with Crippen LogP contribution in [0.4, 0.5) is 4.39 Å². The molecule has 1 aliphatic heterocycles. The molecule has 2 amide bonds. The van der Waals surface area contributed by atoms with Gasteiger partial charge in [0.1, 0.15) is 6.67 Å². The minimum atomic E-state index is -0.915. The normalized spacial score (nSPS) is 15.2. The van der Waals surface area contributed by atoms with Gasteiger partial charge in [-0.2, -0.15) is 0 Å². The van der Waals surface area contributed by atoms with Gasteiger partial charge in [0.25, 0.3) is 11.8 Å². The number of hydrogen-bond donors (Lipinski definition) is 0. The number of hydrogen-bond acceptors (Lipinski definition) is 4. The molecule has 0 N–H and O–H groups in total. The van der Waals surface area contributed by atoms with Crippen molar-refractivity contribution in [2.45, 2.75) is 19.4 Å². The first-order valence-corrected chi connectivity index (χ1v) is 6.69. The molecular weight excluding hydrogens is 281 g/mol. The summed E-state index contributed by atoms with van der Waals surface area (Å²) in [6, 6.07) is 5.55. The molecule has 0 saturated carbocycles. The summed E-state index contributed by atoms with van der Waals surface area (Å²) in [6.07, 6.45) is 0.0329. The molecule has 0 aliphatic carbocycles. The van der Waals surface area contributed by atoms with Crippen molar-refractivity contribution in [1.29, 1.82) is 0 Å². The van der Waals surface area contributed by atoms with Gasteiger partial charge in [-0.05, 0) is 31.3 Å². The number of nitrogens with zero attached hydrogens (tertiary/aromatic N) is 1. The average molecular weight is 295 g/mol. The van der Waals surface area contributed by atoms with Crippen LogP contribution in [0.5, 0.6) is 0 Å². The summed E-state index contributed by atoms with van der Waals surface area (Å²) in [5.41, 5.74) is 0.608. The highest BCUT2D eigenvalue weighted by Crippen LogP contribution is 2.26. The molecule has 2 rings (SSSR count). The summed E-state index contributed by atoms with van der Waals surface area (Å²) in [4.78, 5) is 25.3. The molecule has 0 aromatic heterocycles. The van der Waals surface area contributed by atoms with Crippen LogP contribution in [0.25, 0.3) is 0 Å². The quantitative estimate of drug-likeness (QED) is 0.618. The van der Waals surface area contributed by atoms with Crippen molar-refractivity contribution in [3.63, 3.8) is 0 Å². The smallest absolute Gasteiger partial charge is 0.261 e. The number of ether oxygens (including phenoxy) is 1. The first-order chi connectivity index (χ1) is 9.60. The van der Waals surface area contributed by atoms with Gasteiger partial charge in [-0.25, -0.2) is 4.39 Å². The highest BCUT2D eigenvalue weighted by atomic mass is 32.1. The van der Waals surface area contributed by atoms with Crippen LogP contribution in [0.15, 0.2) is 24.3 Å². The number of fused-ring (bicyclic) bond motifs is 1. The van der Waals surface area contributed by atoms with E-state index in [1.165, 1.54) is 0 Å². The topological polar surface area (TPSA) is 46.6 Å². The van der Waals surface area contributed by atoms with Crippen LogP contribution in [0.1, 0.15) is 34.1 Å². The maximum Gasteiger partial charge on any atom is 0.261 e. The van der Waals surface area contributed by atoms with Crippen molar-refractivity contribution in [2.24, 2.45) is 0 Å². The summed E-state index contributed by atoms with van der Waals surface area (Å²) in [5, 5.41) is 0.201. The molecule has 106 valence electrons. The Morgan fingerprint density at radius 3 is 2.30 bits per heavy atom.